The first-order valence-corrected chi connectivity index (χ1v) is 9.48. The molecule has 0 atom stereocenters. The third-order valence-electron chi connectivity index (χ3n) is 4.73. The van der Waals surface area contributed by atoms with Gasteiger partial charge < -0.3 is 10.2 Å². The van der Waals surface area contributed by atoms with Gasteiger partial charge in [-0.25, -0.2) is 4.98 Å². The van der Waals surface area contributed by atoms with Crippen molar-refractivity contribution in [1.29, 1.82) is 0 Å². The van der Waals surface area contributed by atoms with Gasteiger partial charge in [0.15, 0.2) is 5.69 Å². The number of carbonyl (C=O) groups is 2. The fourth-order valence-electron chi connectivity index (χ4n) is 3.01. The molecule has 9 nitrogen and oxygen atoms in total. The van der Waals surface area contributed by atoms with Gasteiger partial charge in [0.1, 0.15) is 5.82 Å². The molecule has 9 heteroatoms. The number of hydrogen-bond donors (Lipinski definition) is 1. The van der Waals surface area contributed by atoms with E-state index in [0.717, 1.165) is 11.3 Å². The van der Waals surface area contributed by atoms with E-state index in [2.05, 4.69) is 20.4 Å². The van der Waals surface area contributed by atoms with Crippen molar-refractivity contribution in [1.82, 2.24) is 29.0 Å². The molecule has 152 valence electrons. The van der Waals surface area contributed by atoms with Crippen molar-refractivity contribution in [3.63, 3.8) is 0 Å². The molecule has 0 spiro atoms. The Hall–Kier alpha value is -4.01. The summed E-state index contributed by atoms with van der Waals surface area (Å²) >= 11 is 0. The summed E-state index contributed by atoms with van der Waals surface area (Å²) < 4.78 is 3.23. The number of nitrogens with one attached hydrogen (secondary N) is 1. The highest BCUT2D eigenvalue weighted by Crippen LogP contribution is 2.19. The van der Waals surface area contributed by atoms with Gasteiger partial charge in [0, 0.05) is 44.8 Å². The summed E-state index contributed by atoms with van der Waals surface area (Å²) in [6, 6.07) is 11.5. The van der Waals surface area contributed by atoms with E-state index in [9.17, 15) is 9.59 Å². The Morgan fingerprint density at radius 3 is 2.60 bits per heavy atom. The monoisotopic (exact) mass is 403 g/mol. The standard InChI is InChI=1S/C21H21N7O2/c1-4-26(2)20(30)18-15(12-27(3)25-18)19(29)23-17-10-11-28-13-16(22-21(28)24-17)14-8-6-5-7-9-14/h5-13H,4H2,1-3H3,(H,22,23,24,29). The van der Waals surface area contributed by atoms with Gasteiger partial charge >= 0.3 is 0 Å². The molecule has 0 aliphatic carbocycles. The molecule has 30 heavy (non-hydrogen) atoms. The molecule has 4 aromatic rings. The molecule has 0 aliphatic rings. The van der Waals surface area contributed by atoms with Gasteiger partial charge in [-0.15, -0.1) is 0 Å². The molecule has 3 aromatic heterocycles. The average molecular weight is 403 g/mol. The Labute approximate surface area is 173 Å². The maximum atomic E-state index is 12.8. The first kappa shape index (κ1) is 19.3. The summed E-state index contributed by atoms with van der Waals surface area (Å²) in [4.78, 5) is 35.8. The van der Waals surface area contributed by atoms with E-state index >= 15 is 0 Å². The maximum Gasteiger partial charge on any atom is 0.274 e. The fraction of sp³-hybridized carbons (Fsp3) is 0.190. The minimum Gasteiger partial charge on any atom is -0.341 e. The first-order chi connectivity index (χ1) is 14.5. The predicted octanol–water partition coefficient (Wildman–Crippen LogP) is 2.47. The van der Waals surface area contributed by atoms with Gasteiger partial charge in [-0.05, 0) is 13.0 Å². The second kappa shape index (κ2) is 7.78. The Morgan fingerprint density at radius 1 is 1.10 bits per heavy atom. The highest BCUT2D eigenvalue weighted by Gasteiger charge is 2.24. The number of fused-ring (bicyclic) bond motifs is 1. The van der Waals surface area contributed by atoms with Crippen LogP contribution in [0.1, 0.15) is 27.8 Å². The summed E-state index contributed by atoms with van der Waals surface area (Å²) in [5.41, 5.74) is 2.06. The molecule has 1 aromatic carbocycles. The molecule has 0 saturated heterocycles. The minimum absolute atomic E-state index is 0.104. The van der Waals surface area contributed by atoms with Crippen molar-refractivity contribution in [3.8, 4) is 11.3 Å². The molecule has 0 saturated carbocycles. The zero-order valence-corrected chi connectivity index (χ0v) is 16.9. The second-order valence-corrected chi connectivity index (χ2v) is 6.85. The number of nitrogens with zero attached hydrogens (tertiary/aromatic N) is 6. The van der Waals surface area contributed by atoms with Crippen molar-refractivity contribution in [3.05, 3.63) is 66.2 Å². The summed E-state index contributed by atoms with van der Waals surface area (Å²) in [6.45, 7) is 2.37. The van der Waals surface area contributed by atoms with Crippen LogP contribution >= 0.6 is 0 Å². The number of amides is 2. The molecule has 0 bridgehead atoms. The van der Waals surface area contributed by atoms with Crippen LogP contribution in [0, 0.1) is 0 Å². The van der Waals surface area contributed by atoms with Crippen molar-refractivity contribution >= 4 is 23.4 Å². The van der Waals surface area contributed by atoms with E-state index in [-0.39, 0.29) is 17.2 Å². The number of aryl methyl sites for hydroxylation is 1. The van der Waals surface area contributed by atoms with Gasteiger partial charge in [0.2, 0.25) is 5.78 Å². The van der Waals surface area contributed by atoms with E-state index in [4.69, 9.17) is 0 Å². The number of carbonyl (C=O) groups excluding carboxylic acids is 2. The van der Waals surface area contributed by atoms with E-state index in [1.54, 1.807) is 30.8 Å². The van der Waals surface area contributed by atoms with E-state index in [1.165, 1.54) is 15.8 Å². The number of aromatic nitrogens is 5. The van der Waals surface area contributed by atoms with Crippen LogP contribution < -0.4 is 5.32 Å². The van der Waals surface area contributed by atoms with Crippen LogP contribution in [0.3, 0.4) is 0 Å². The number of anilines is 1. The van der Waals surface area contributed by atoms with Gasteiger partial charge in [-0.3, -0.25) is 18.7 Å². The minimum atomic E-state index is -0.456. The van der Waals surface area contributed by atoms with Gasteiger partial charge in [0.25, 0.3) is 11.8 Å². The lowest BCUT2D eigenvalue weighted by Gasteiger charge is -2.13. The number of imidazole rings is 1. The third-order valence-corrected chi connectivity index (χ3v) is 4.73. The normalized spacial score (nSPS) is 10.9. The summed E-state index contributed by atoms with van der Waals surface area (Å²) in [6.07, 6.45) is 5.17. The summed E-state index contributed by atoms with van der Waals surface area (Å²) in [7, 11) is 3.33. The van der Waals surface area contributed by atoms with Crippen LogP contribution in [-0.2, 0) is 7.05 Å². The second-order valence-electron chi connectivity index (χ2n) is 6.85. The topological polar surface area (TPSA) is 97.4 Å². The Morgan fingerprint density at radius 2 is 1.87 bits per heavy atom. The fourth-order valence-corrected chi connectivity index (χ4v) is 3.01. The molecule has 0 aliphatic heterocycles. The molecule has 4 rings (SSSR count). The third kappa shape index (κ3) is 3.64. The van der Waals surface area contributed by atoms with Crippen molar-refractivity contribution in [2.75, 3.05) is 18.9 Å². The number of benzene rings is 1. The lowest BCUT2D eigenvalue weighted by Crippen LogP contribution is -2.29. The zero-order chi connectivity index (χ0) is 21.3. The Kier molecular flexibility index (Phi) is 5.01. The van der Waals surface area contributed by atoms with Crippen LogP contribution in [0.25, 0.3) is 17.0 Å². The lowest BCUT2D eigenvalue weighted by molar-refractivity contribution is 0.0790. The largest absolute Gasteiger partial charge is 0.341 e. The van der Waals surface area contributed by atoms with Crippen molar-refractivity contribution in [2.24, 2.45) is 7.05 Å². The van der Waals surface area contributed by atoms with E-state index in [0.29, 0.717) is 18.1 Å². The van der Waals surface area contributed by atoms with E-state index < -0.39 is 5.91 Å². The van der Waals surface area contributed by atoms with Gasteiger partial charge in [-0.2, -0.15) is 10.1 Å². The van der Waals surface area contributed by atoms with Gasteiger partial charge in [0.05, 0.1) is 11.3 Å². The smallest absolute Gasteiger partial charge is 0.274 e. The summed E-state index contributed by atoms with van der Waals surface area (Å²) in [5.74, 6) is 0.0266. The predicted molar refractivity (Wildman–Crippen MR) is 112 cm³/mol. The molecule has 0 radical (unpaired) electrons. The van der Waals surface area contributed by atoms with Crippen LogP contribution in [0.2, 0.25) is 0 Å². The van der Waals surface area contributed by atoms with Crippen LogP contribution in [0.5, 0.6) is 0 Å². The molecule has 0 fully saturated rings. The highest BCUT2D eigenvalue weighted by molar-refractivity contribution is 6.10. The van der Waals surface area contributed by atoms with Gasteiger partial charge in [-0.1, -0.05) is 30.3 Å². The average Bonchev–Trinajstić information content (AvgIpc) is 3.36. The molecular weight excluding hydrogens is 382 g/mol. The molecular formula is C21H21N7O2. The van der Waals surface area contributed by atoms with E-state index in [1.807, 2.05) is 43.5 Å². The van der Waals surface area contributed by atoms with Crippen LogP contribution in [0.4, 0.5) is 5.82 Å². The molecule has 2 amide bonds. The molecule has 3 heterocycles. The Balaban J connectivity index is 1.60. The first-order valence-electron chi connectivity index (χ1n) is 9.48. The van der Waals surface area contributed by atoms with Crippen LogP contribution in [0.15, 0.2) is 55.0 Å². The quantitative estimate of drug-likeness (QED) is 0.552. The number of rotatable bonds is 5. The van der Waals surface area contributed by atoms with Crippen molar-refractivity contribution in [2.45, 2.75) is 6.92 Å². The SMILES string of the molecule is CCN(C)C(=O)c1nn(C)cc1C(=O)Nc1ccn2cc(-c3ccccc3)nc2n1. The highest BCUT2D eigenvalue weighted by atomic mass is 16.2. The molecule has 1 N–H and O–H groups in total. The maximum absolute atomic E-state index is 12.8. The lowest BCUT2D eigenvalue weighted by atomic mass is 10.2. The Bertz CT molecular complexity index is 1230. The summed E-state index contributed by atoms with van der Waals surface area (Å²) in [5, 5.41) is 6.89. The van der Waals surface area contributed by atoms with Crippen LogP contribution in [-0.4, -0.2) is 54.5 Å². The van der Waals surface area contributed by atoms with Crippen molar-refractivity contribution < 1.29 is 9.59 Å². The number of hydrogen-bond acceptors (Lipinski definition) is 5. The molecule has 0 unspecified atom stereocenters. The zero-order valence-electron chi connectivity index (χ0n) is 16.9.